The standard InChI is InChI=1S/C8H8N4O2/c9-7-8(10)12-5(4-11-7)2-1-3-6(13)14/h4H,3H2,(H2,9,11)(H2,10,12)(H,13,14). The van der Waals surface area contributed by atoms with Crippen molar-refractivity contribution in [2.45, 2.75) is 6.42 Å². The lowest BCUT2D eigenvalue weighted by molar-refractivity contribution is -0.135. The van der Waals surface area contributed by atoms with Gasteiger partial charge in [-0.25, -0.2) is 9.97 Å². The van der Waals surface area contributed by atoms with Crippen molar-refractivity contribution in [2.24, 2.45) is 0 Å². The van der Waals surface area contributed by atoms with Gasteiger partial charge in [-0.15, -0.1) is 0 Å². The van der Waals surface area contributed by atoms with Gasteiger partial charge in [0.2, 0.25) is 0 Å². The summed E-state index contributed by atoms with van der Waals surface area (Å²) in [4.78, 5) is 17.6. The van der Waals surface area contributed by atoms with Gasteiger partial charge in [-0.3, -0.25) is 4.79 Å². The number of rotatable bonds is 1. The smallest absolute Gasteiger partial charge is 0.315 e. The number of anilines is 2. The second-order valence-corrected chi connectivity index (χ2v) is 2.40. The predicted molar refractivity (Wildman–Crippen MR) is 50.0 cm³/mol. The van der Waals surface area contributed by atoms with Gasteiger partial charge in [-0.2, -0.15) is 0 Å². The van der Waals surface area contributed by atoms with E-state index in [1.165, 1.54) is 6.20 Å². The number of nitrogen functional groups attached to an aromatic ring is 2. The van der Waals surface area contributed by atoms with Gasteiger partial charge in [0.1, 0.15) is 12.1 Å². The predicted octanol–water partition coefficient (Wildman–Crippen LogP) is -0.533. The molecular formula is C8H8N4O2. The van der Waals surface area contributed by atoms with E-state index in [0.717, 1.165) is 0 Å². The van der Waals surface area contributed by atoms with E-state index in [1.54, 1.807) is 0 Å². The summed E-state index contributed by atoms with van der Waals surface area (Å²) >= 11 is 0. The van der Waals surface area contributed by atoms with Crippen LogP contribution in [-0.2, 0) is 4.79 Å². The average molecular weight is 192 g/mol. The summed E-state index contributed by atoms with van der Waals surface area (Å²) in [6, 6.07) is 0. The SMILES string of the molecule is Nc1ncc(C#CCC(=O)O)nc1N. The average Bonchev–Trinajstić information content (AvgIpc) is 2.10. The third-order valence-corrected chi connectivity index (χ3v) is 1.29. The van der Waals surface area contributed by atoms with Crippen LogP contribution in [0.1, 0.15) is 12.1 Å². The molecule has 0 radical (unpaired) electrons. The molecule has 1 rings (SSSR count). The number of carboxylic acid groups (broad SMARTS) is 1. The number of hydrogen-bond acceptors (Lipinski definition) is 5. The van der Waals surface area contributed by atoms with Crippen molar-refractivity contribution >= 4 is 17.6 Å². The topological polar surface area (TPSA) is 115 Å². The molecule has 0 saturated carbocycles. The van der Waals surface area contributed by atoms with Crippen molar-refractivity contribution in [3.8, 4) is 11.8 Å². The molecule has 1 aromatic heterocycles. The Labute approximate surface area is 80.0 Å². The Kier molecular flexibility index (Phi) is 2.86. The highest BCUT2D eigenvalue weighted by atomic mass is 16.4. The summed E-state index contributed by atoms with van der Waals surface area (Å²) in [5.74, 6) is 4.13. The minimum atomic E-state index is -0.992. The van der Waals surface area contributed by atoms with Crippen LogP contribution in [0.5, 0.6) is 0 Å². The van der Waals surface area contributed by atoms with Crippen molar-refractivity contribution in [3.63, 3.8) is 0 Å². The zero-order chi connectivity index (χ0) is 10.6. The molecule has 1 aromatic rings. The second-order valence-electron chi connectivity index (χ2n) is 2.40. The number of nitrogens with two attached hydrogens (primary N) is 2. The maximum Gasteiger partial charge on any atom is 0.315 e. The summed E-state index contributed by atoms with van der Waals surface area (Å²) in [6.45, 7) is 0. The fourth-order valence-corrected chi connectivity index (χ4v) is 0.683. The van der Waals surface area contributed by atoms with E-state index in [2.05, 4.69) is 21.8 Å². The second kappa shape index (κ2) is 4.09. The lowest BCUT2D eigenvalue weighted by atomic mass is 10.4. The van der Waals surface area contributed by atoms with Crippen LogP contribution in [0.2, 0.25) is 0 Å². The highest BCUT2D eigenvalue weighted by Gasteiger charge is 1.97. The number of carboxylic acids is 1. The molecule has 0 aliphatic carbocycles. The van der Waals surface area contributed by atoms with E-state index < -0.39 is 5.97 Å². The molecule has 0 aromatic carbocycles. The minimum absolute atomic E-state index is 0.0899. The zero-order valence-corrected chi connectivity index (χ0v) is 7.19. The number of hydrogen-bond donors (Lipinski definition) is 3. The van der Waals surface area contributed by atoms with Gasteiger partial charge in [0.25, 0.3) is 0 Å². The molecule has 0 aliphatic heterocycles. The monoisotopic (exact) mass is 192 g/mol. The van der Waals surface area contributed by atoms with E-state index >= 15 is 0 Å². The normalized spacial score (nSPS) is 8.86. The quantitative estimate of drug-likeness (QED) is 0.515. The number of nitrogens with zero attached hydrogens (tertiary/aromatic N) is 2. The van der Waals surface area contributed by atoms with Gasteiger partial charge in [-0.1, -0.05) is 5.92 Å². The first-order chi connectivity index (χ1) is 6.59. The van der Waals surface area contributed by atoms with Crippen LogP contribution >= 0.6 is 0 Å². The van der Waals surface area contributed by atoms with E-state index in [-0.39, 0.29) is 18.1 Å². The van der Waals surface area contributed by atoms with Gasteiger partial charge in [0, 0.05) is 0 Å². The van der Waals surface area contributed by atoms with Crippen LogP contribution in [0.15, 0.2) is 6.20 Å². The molecule has 6 heteroatoms. The maximum absolute atomic E-state index is 10.1. The van der Waals surface area contributed by atoms with Gasteiger partial charge in [-0.05, 0) is 5.92 Å². The molecule has 0 saturated heterocycles. The Morgan fingerprint density at radius 1 is 1.50 bits per heavy atom. The molecular weight excluding hydrogens is 184 g/mol. The van der Waals surface area contributed by atoms with Crippen molar-refractivity contribution < 1.29 is 9.90 Å². The zero-order valence-electron chi connectivity index (χ0n) is 7.19. The van der Waals surface area contributed by atoms with Crippen molar-refractivity contribution in [2.75, 3.05) is 11.5 Å². The van der Waals surface area contributed by atoms with Crippen LogP contribution < -0.4 is 11.5 Å². The van der Waals surface area contributed by atoms with Gasteiger partial charge in [0.15, 0.2) is 11.6 Å². The van der Waals surface area contributed by atoms with Crippen LogP contribution in [0, 0.1) is 11.8 Å². The number of aliphatic carboxylic acids is 1. The molecule has 6 nitrogen and oxygen atoms in total. The Morgan fingerprint density at radius 2 is 2.21 bits per heavy atom. The van der Waals surface area contributed by atoms with Crippen molar-refractivity contribution in [1.82, 2.24) is 9.97 Å². The summed E-state index contributed by atoms with van der Waals surface area (Å²) < 4.78 is 0. The summed E-state index contributed by atoms with van der Waals surface area (Å²) in [5.41, 5.74) is 11.0. The fraction of sp³-hybridized carbons (Fsp3) is 0.125. The molecule has 1 heterocycles. The number of carbonyl (C=O) groups is 1. The van der Waals surface area contributed by atoms with Crippen LogP contribution in [0.25, 0.3) is 0 Å². The lowest BCUT2D eigenvalue weighted by Crippen LogP contribution is -2.01. The molecule has 0 amide bonds. The Balaban J connectivity index is 2.81. The highest BCUT2D eigenvalue weighted by molar-refractivity contribution is 5.70. The largest absolute Gasteiger partial charge is 0.481 e. The number of aromatic nitrogens is 2. The minimum Gasteiger partial charge on any atom is -0.481 e. The van der Waals surface area contributed by atoms with E-state index in [4.69, 9.17) is 16.6 Å². The molecule has 72 valence electrons. The van der Waals surface area contributed by atoms with Gasteiger partial charge >= 0.3 is 5.97 Å². The Hall–Kier alpha value is -2.29. The molecule has 0 unspecified atom stereocenters. The first-order valence-corrected chi connectivity index (χ1v) is 3.68. The molecule has 14 heavy (non-hydrogen) atoms. The first kappa shape index (κ1) is 9.80. The third-order valence-electron chi connectivity index (χ3n) is 1.29. The molecule has 0 bridgehead atoms. The Morgan fingerprint density at radius 3 is 2.79 bits per heavy atom. The summed E-state index contributed by atoms with van der Waals surface area (Å²) in [7, 11) is 0. The van der Waals surface area contributed by atoms with E-state index in [9.17, 15) is 4.79 Å². The maximum atomic E-state index is 10.1. The van der Waals surface area contributed by atoms with Crippen LogP contribution in [0.3, 0.4) is 0 Å². The van der Waals surface area contributed by atoms with Gasteiger partial charge in [0.05, 0.1) is 6.20 Å². The Bertz CT molecular complexity index is 419. The lowest BCUT2D eigenvalue weighted by Gasteiger charge is -1.96. The fourth-order valence-electron chi connectivity index (χ4n) is 0.683. The van der Waals surface area contributed by atoms with Crippen LogP contribution in [-0.4, -0.2) is 21.0 Å². The van der Waals surface area contributed by atoms with Gasteiger partial charge < -0.3 is 16.6 Å². The molecule has 0 fully saturated rings. The van der Waals surface area contributed by atoms with E-state index in [1.807, 2.05) is 0 Å². The van der Waals surface area contributed by atoms with E-state index in [0.29, 0.717) is 5.69 Å². The molecule has 0 spiro atoms. The van der Waals surface area contributed by atoms with Crippen molar-refractivity contribution in [3.05, 3.63) is 11.9 Å². The molecule has 0 aliphatic rings. The summed E-state index contributed by atoms with van der Waals surface area (Å²) in [6.07, 6.45) is 1.09. The summed E-state index contributed by atoms with van der Waals surface area (Å²) in [5, 5.41) is 8.31. The first-order valence-electron chi connectivity index (χ1n) is 3.68. The molecule has 5 N–H and O–H groups in total. The third kappa shape index (κ3) is 2.64. The van der Waals surface area contributed by atoms with Crippen molar-refractivity contribution in [1.29, 1.82) is 0 Å². The van der Waals surface area contributed by atoms with Crippen LogP contribution in [0.4, 0.5) is 11.6 Å². The molecule has 0 atom stereocenters. The highest BCUT2D eigenvalue weighted by Crippen LogP contribution is 2.05.